The first-order valence-electron chi connectivity index (χ1n) is 4.46. The molecule has 74 valence electrons. The molecule has 4 nitrogen and oxygen atoms in total. The Hall–Kier alpha value is -1.67. The third kappa shape index (κ3) is 3.37. The molecular weight excluding hydrogens is 178 g/mol. The Morgan fingerprint density at radius 3 is 2.64 bits per heavy atom. The van der Waals surface area contributed by atoms with Gasteiger partial charge in [-0.15, -0.1) is 0 Å². The maximum atomic E-state index is 8.12. The maximum Gasteiger partial charge on any atom is 0.119 e. The van der Waals surface area contributed by atoms with E-state index in [1.807, 2.05) is 38.1 Å². The van der Waals surface area contributed by atoms with Crippen LogP contribution in [0.4, 0.5) is 0 Å². The molecule has 1 rings (SSSR count). The van der Waals surface area contributed by atoms with E-state index in [4.69, 9.17) is 10.3 Å². The second-order valence-electron chi connectivity index (χ2n) is 3.15. The van der Waals surface area contributed by atoms with Crippen LogP contribution in [-0.4, -0.2) is 12.6 Å². The minimum Gasteiger partial charge on any atom is -0.491 e. The summed E-state index contributed by atoms with van der Waals surface area (Å²) in [4.78, 5) is 2.68. The van der Waals surface area contributed by atoms with Crippen LogP contribution in [0.2, 0.25) is 0 Å². The highest BCUT2D eigenvalue weighted by Crippen LogP contribution is 2.13. The molecule has 0 N–H and O–H groups in total. The SMILES string of the molecule is Cc1ccc(OC(C)CN=[N+]=[N-])cc1. The largest absolute Gasteiger partial charge is 0.491 e. The van der Waals surface area contributed by atoms with E-state index >= 15 is 0 Å². The minimum atomic E-state index is -0.0893. The predicted molar refractivity (Wildman–Crippen MR) is 55.3 cm³/mol. The lowest BCUT2D eigenvalue weighted by molar-refractivity contribution is 0.230. The van der Waals surface area contributed by atoms with Crippen LogP contribution in [0.5, 0.6) is 5.75 Å². The fraction of sp³-hybridized carbons (Fsp3) is 0.400. The second kappa shape index (κ2) is 5.14. The summed E-state index contributed by atoms with van der Waals surface area (Å²) in [5, 5.41) is 3.44. The number of hydrogen-bond donors (Lipinski definition) is 0. The molecule has 0 aliphatic heterocycles. The number of aryl methyl sites for hydroxylation is 1. The summed E-state index contributed by atoms with van der Waals surface area (Å²) in [7, 11) is 0. The van der Waals surface area contributed by atoms with Crippen LogP contribution in [-0.2, 0) is 0 Å². The van der Waals surface area contributed by atoms with Gasteiger partial charge in [-0.25, -0.2) is 0 Å². The van der Waals surface area contributed by atoms with Crippen molar-refractivity contribution in [2.45, 2.75) is 20.0 Å². The van der Waals surface area contributed by atoms with E-state index in [9.17, 15) is 0 Å². The van der Waals surface area contributed by atoms with Crippen LogP contribution in [0.3, 0.4) is 0 Å². The van der Waals surface area contributed by atoms with Crippen molar-refractivity contribution in [1.82, 2.24) is 0 Å². The molecule has 0 aromatic heterocycles. The van der Waals surface area contributed by atoms with E-state index in [0.29, 0.717) is 6.54 Å². The lowest BCUT2D eigenvalue weighted by Gasteiger charge is -2.11. The van der Waals surface area contributed by atoms with Gasteiger partial charge in [-0.3, -0.25) is 0 Å². The van der Waals surface area contributed by atoms with Gasteiger partial charge in [0, 0.05) is 4.91 Å². The van der Waals surface area contributed by atoms with E-state index in [0.717, 1.165) is 5.75 Å². The first kappa shape index (κ1) is 10.4. The van der Waals surface area contributed by atoms with E-state index in [1.54, 1.807) is 0 Å². The molecular formula is C10H13N3O. The van der Waals surface area contributed by atoms with E-state index in [2.05, 4.69) is 10.0 Å². The molecule has 14 heavy (non-hydrogen) atoms. The van der Waals surface area contributed by atoms with Crippen molar-refractivity contribution in [1.29, 1.82) is 0 Å². The Morgan fingerprint density at radius 2 is 2.07 bits per heavy atom. The highest BCUT2D eigenvalue weighted by molar-refractivity contribution is 5.26. The molecule has 4 heteroatoms. The Labute approximate surface area is 83.1 Å². The molecule has 0 amide bonds. The summed E-state index contributed by atoms with van der Waals surface area (Å²) in [5.41, 5.74) is 9.31. The normalized spacial score (nSPS) is 11.6. The predicted octanol–water partition coefficient (Wildman–Crippen LogP) is 3.07. The first-order valence-corrected chi connectivity index (χ1v) is 4.46. The highest BCUT2D eigenvalue weighted by atomic mass is 16.5. The Balaban J connectivity index is 2.51. The summed E-state index contributed by atoms with van der Waals surface area (Å²) >= 11 is 0. The van der Waals surface area contributed by atoms with Gasteiger partial charge < -0.3 is 4.74 Å². The molecule has 0 bridgehead atoms. The average molecular weight is 191 g/mol. The summed E-state index contributed by atoms with van der Waals surface area (Å²) in [6.07, 6.45) is -0.0893. The summed E-state index contributed by atoms with van der Waals surface area (Å²) in [6.45, 7) is 4.24. The molecule has 0 spiro atoms. The van der Waals surface area contributed by atoms with Crippen molar-refractivity contribution in [2.75, 3.05) is 6.54 Å². The van der Waals surface area contributed by atoms with Crippen LogP contribution in [0, 0.1) is 6.92 Å². The molecule has 1 unspecified atom stereocenters. The van der Waals surface area contributed by atoms with Gasteiger partial charge in [0.2, 0.25) is 0 Å². The van der Waals surface area contributed by atoms with Crippen molar-refractivity contribution in [3.8, 4) is 5.75 Å². The molecule has 0 aliphatic carbocycles. The monoisotopic (exact) mass is 191 g/mol. The van der Waals surface area contributed by atoms with Crippen molar-refractivity contribution in [3.05, 3.63) is 40.3 Å². The third-order valence-electron chi connectivity index (χ3n) is 1.76. The van der Waals surface area contributed by atoms with Gasteiger partial charge in [-0.05, 0) is 31.5 Å². The van der Waals surface area contributed by atoms with Gasteiger partial charge in [-0.1, -0.05) is 22.8 Å². The molecule has 1 atom stereocenters. The molecule has 0 heterocycles. The van der Waals surface area contributed by atoms with E-state index < -0.39 is 0 Å². The standard InChI is InChI=1S/C10H13N3O/c1-8-3-5-10(6-4-8)14-9(2)7-12-13-11/h3-6,9H,7H2,1-2H3. The van der Waals surface area contributed by atoms with E-state index in [1.165, 1.54) is 5.56 Å². The number of azide groups is 1. The number of rotatable bonds is 4. The molecule has 1 aromatic carbocycles. The summed E-state index contributed by atoms with van der Waals surface area (Å²) in [5.74, 6) is 0.802. The van der Waals surface area contributed by atoms with Crippen molar-refractivity contribution >= 4 is 0 Å². The summed E-state index contributed by atoms with van der Waals surface area (Å²) in [6, 6.07) is 7.77. The minimum absolute atomic E-state index is 0.0893. The Kier molecular flexibility index (Phi) is 3.83. The first-order chi connectivity index (χ1) is 6.72. The number of nitrogens with zero attached hydrogens (tertiary/aromatic N) is 3. The van der Waals surface area contributed by atoms with Crippen molar-refractivity contribution in [3.63, 3.8) is 0 Å². The topological polar surface area (TPSA) is 58.0 Å². The molecule has 0 aliphatic rings. The molecule has 0 radical (unpaired) electrons. The zero-order chi connectivity index (χ0) is 10.4. The van der Waals surface area contributed by atoms with Gasteiger partial charge in [0.25, 0.3) is 0 Å². The van der Waals surface area contributed by atoms with Crippen molar-refractivity contribution < 1.29 is 4.74 Å². The highest BCUT2D eigenvalue weighted by Gasteiger charge is 2.01. The third-order valence-corrected chi connectivity index (χ3v) is 1.76. The van der Waals surface area contributed by atoms with Gasteiger partial charge in [0.15, 0.2) is 0 Å². The van der Waals surface area contributed by atoms with Crippen LogP contribution >= 0.6 is 0 Å². The van der Waals surface area contributed by atoms with Gasteiger partial charge >= 0.3 is 0 Å². The Morgan fingerprint density at radius 1 is 1.43 bits per heavy atom. The van der Waals surface area contributed by atoms with Crippen molar-refractivity contribution in [2.24, 2.45) is 5.11 Å². The van der Waals surface area contributed by atoms with Gasteiger partial charge in [0.1, 0.15) is 11.9 Å². The average Bonchev–Trinajstić information content (AvgIpc) is 2.18. The summed E-state index contributed by atoms with van der Waals surface area (Å²) < 4.78 is 5.51. The Bertz CT molecular complexity index is 328. The number of benzene rings is 1. The molecule has 0 saturated carbocycles. The van der Waals surface area contributed by atoms with Crippen LogP contribution in [0.1, 0.15) is 12.5 Å². The zero-order valence-electron chi connectivity index (χ0n) is 8.34. The molecule has 1 aromatic rings. The van der Waals surface area contributed by atoms with Gasteiger partial charge in [0.05, 0.1) is 6.54 Å². The fourth-order valence-corrected chi connectivity index (χ4v) is 1.04. The van der Waals surface area contributed by atoms with Crippen LogP contribution in [0.25, 0.3) is 10.4 Å². The van der Waals surface area contributed by atoms with Crippen LogP contribution < -0.4 is 4.74 Å². The lowest BCUT2D eigenvalue weighted by Crippen LogP contribution is -2.14. The lowest BCUT2D eigenvalue weighted by atomic mass is 10.2. The fourth-order valence-electron chi connectivity index (χ4n) is 1.04. The maximum absolute atomic E-state index is 8.12. The zero-order valence-corrected chi connectivity index (χ0v) is 8.34. The molecule has 0 saturated heterocycles. The number of ether oxygens (including phenoxy) is 1. The smallest absolute Gasteiger partial charge is 0.119 e. The van der Waals surface area contributed by atoms with Gasteiger partial charge in [-0.2, -0.15) is 0 Å². The second-order valence-corrected chi connectivity index (χ2v) is 3.15. The van der Waals surface area contributed by atoms with Crippen LogP contribution in [0.15, 0.2) is 29.4 Å². The number of hydrogen-bond acceptors (Lipinski definition) is 2. The quantitative estimate of drug-likeness (QED) is 0.410. The van der Waals surface area contributed by atoms with E-state index in [-0.39, 0.29) is 6.10 Å². The molecule has 0 fully saturated rings.